The Balaban J connectivity index is 1.28. The van der Waals surface area contributed by atoms with Gasteiger partial charge in [0.15, 0.2) is 11.6 Å². The Kier molecular flexibility index (Phi) is 6.55. The van der Waals surface area contributed by atoms with Crippen LogP contribution in [0.2, 0.25) is 0 Å². The van der Waals surface area contributed by atoms with Crippen LogP contribution in [0.25, 0.3) is 0 Å². The van der Waals surface area contributed by atoms with E-state index in [1.165, 1.54) is 0 Å². The Morgan fingerprint density at radius 3 is 1.40 bits per heavy atom. The smallest absolute Gasteiger partial charge is 0.209 e. The number of nitrogens with zero attached hydrogens (tertiary/aromatic N) is 6. The van der Waals surface area contributed by atoms with Crippen LogP contribution in [0.3, 0.4) is 0 Å². The van der Waals surface area contributed by atoms with E-state index in [0.717, 1.165) is 34.3 Å². The van der Waals surface area contributed by atoms with Crippen molar-refractivity contribution >= 4 is 23.5 Å². The van der Waals surface area contributed by atoms with Crippen molar-refractivity contribution in [1.29, 1.82) is 0 Å². The van der Waals surface area contributed by atoms with Crippen molar-refractivity contribution in [3.63, 3.8) is 0 Å². The van der Waals surface area contributed by atoms with Crippen molar-refractivity contribution in [3.8, 4) is 0 Å². The molecule has 0 radical (unpaired) electrons. The molecule has 0 saturated heterocycles. The number of hydrogen-bond donors (Lipinski definition) is 2. The molecule has 0 aliphatic heterocycles. The maximum atomic E-state index is 6.16. The van der Waals surface area contributed by atoms with Gasteiger partial charge in [-0.05, 0) is 11.1 Å². The first-order valence-corrected chi connectivity index (χ1v) is 11.4. The van der Waals surface area contributed by atoms with E-state index in [1.54, 1.807) is 32.9 Å². The number of nitrogens with two attached hydrogens (primary N) is 2. The van der Waals surface area contributed by atoms with E-state index >= 15 is 0 Å². The molecule has 0 bridgehead atoms. The minimum absolute atomic E-state index is 0.653. The highest BCUT2D eigenvalue weighted by atomic mass is 32.2. The van der Waals surface area contributed by atoms with Gasteiger partial charge in [0, 0.05) is 24.3 Å². The molecule has 0 atom stereocenters. The van der Waals surface area contributed by atoms with E-state index in [1.807, 2.05) is 60.7 Å². The summed E-state index contributed by atoms with van der Waals surface area (Å²) in [5.41, 5.74) is 2.30. The Morgan fingerprint density at radius 2 is 1.00 bits per heavy atom. The van der Waals surface area contributed by atoms with Crippen LogP contribution in [-0.2, 0) is 12.8 Å². The molecule has 0 unspecified atom stereocenters. The number of hydrogen-bond acceptors (Lipinski definition) is 8. The van der Waals surface area contributed by atoms with Crippen molar-refractivity contribution in [2.24, 2.45) is 0 Å². The molecule has 0 amide bonds. The third-order valence-corrected chi connectivity index (χ3v) is 6.57. The number of thioether (sulfide) groups is 2. The highest BCUT2D eigenvalue weighted by molar-refractivity contribution is 8.02. The van der Waals surface area contributed by atoms with Crippen molar-refractivity contribution in [2.75, 3.05) is 23.2 Å². The Labute approximate surface area is 183 Å². The largest absolute Gasteiger partial charge is 0.336 e. The maximum Gasteiger partial charge on any atom is 0.209 e. The van der Waals surface area contributed by atoms with Crippen molar-refractivity contribution in [1.82, 2.24) is 29.7 Å². The molecule has 2 heterocycles. The monoisotopic (exact) mass is 438 g/mol. The van der Waals surface area contributed by atoms with Crippen molar-refractivity contribution < 1.29 is 0 Å². The molecule has 0 aliphatic rings. The molecule has 0 aliphatic carbocycles. The SMILES string of the molecule is Nn1c(Cc2ccccc2)nnc1SCCSc1nnc(Cc2ccccc2)n1N. The molecule has 0 fully saturated rings. The lowest BCUT2D eigenvalue weighted by atomic mass is 10.1. The second kappa shape index (κ2) is 9.68. The summed E-state index contributed by atoms with van der Waals surface area (Å²) < 4.78 is 3.12. The minimum atomic E-state index is 0.653. The van der Waals surface area contributed by atoms with E-state index < -0.39 is 0 Å². The van der Waals surface area contributed by atoms with E-state index in [2.05, 4.69) is 20.4 Å². The summed E-state index contributed by atoms with van der Waals surface area (Å²) in [6.07, 6.45) is 1.31. The first-order chi connectivity index (χ1) is 14.7. The van der Waals surface area contributed by atoms with Gasteiger partial charge in [0.05, 0.1) is 0 Å². The molecular weight excluding hydrogens is 416 g/mol. The fourth-order valence-corrected chi connectivity index (χ4v) is 4.59. The molecule has 0 spiro atoms. The summed E-state index contributed by atoms with van der Waals surface area (Å²) in [5, 5.41) is 18.2. The fraction of sp³-hybridized carbons (Fsp3) is 0.200. The van der Waals surface area contributed by atoms with Crippen LogP contribution in [0.5, 0.6) is 0 Å². The molecule has 8 nitrogen and oxygen atoms in total. The van der Waals surface area contributed by atoms with Gasteiger partial charge in [-0.15, -0.1) is 20.4 Å². The lowest BCUT2D eigenvalue weighted by molar-refractivity contribution is 0.804. The zero-order valence-corrected chi connectivity index (χ0v) is 17.9. The molecule has 30 heavy (non-hydrogen) atoms. The van der Waals surface area contributed by atoms with Gasteiger partial charge in [0.1, 0.15) is 0 Å². The second-order valence-corrected chi connectivity index (χ2v) is 8.68. The zero-order valence-electron chi connectivity index (χ0n) is 16.3. The van der Waals surface area contributed by atoms with Crippen LogP contribution in [-0.4, -0.2) is 41.3 Å². The lowest BCUT2D eigenvalue weighted by Gasteiger charge is -2.05. The number of rotatable bonds is 9. The molecular formula is C20H22N8S2. The van der Waals surface area contributed by atoms with Gasteiger partial charge < -0.3 is 11.7 Å². The molecule has 154 valence electrons. The predicted octanol–water partition coefficient (Wildman–Crippen LogP) is 2.36. The van der Waals surface area contributed by atoms with Crippen LogP contribution in [0, 0.1) is 0 Å². The van der Waals surface area contributed by atoms with Gasteiger partial charge >= 0.3 is 0 Å². The Bertz CT molecular complexity index is 991. The summed E-state index contributed by atoms with van der Waals surface area (Å²) in [4.78, 5) is 0. The van der Waals surface area contributed by atoms with E-state index in [9.17, 15) is 0 Å². The van der Waals surface area contributed by atoms with Crippen LogP contribution >= 0.6 is 23.5 Å². The molecule has 4 aromatic rings. The highest BCUT2D eigenvalue weighted by Crippen LogP contribution is 2.21. The maximum absolute atomic E-state index is 6.16. The van der Waals surface area contributed by atoms with Crippen molar-refractivity contribution in [2.45, 2.75) is 23.2 Å². The van der Waals surface area contributed by atoms with Gasteiger partial charge in [-0.3, -0.25) is 0 Å². The average Bonchev–Trinajstić information content (AvgIpc) is 3.30. The molecule has 4 rings (SSSR count). The first-order valence-electron chi connectivity index (χ1n) is 9.43. The van der Waals surface area contributed by atoms with E-state index in [0.29, 0.717) is 23.2 Å². The Hall–Kier alpha value is -2.98. The number of aromatic nitrogens is 6. The minimum Gasteiger partial charge on any atom is -0.336 e. The highest BCUT2D eigenvalue weighted by Gasteiger charge is 2.13. The number of benzene rings is 2. The first kappa shape index (κ1) is 20.3. The number of nitrogen functional groups attached to an aromatic ring is 2. The third-order valence-electron chi connectivity index (χ3n) is 4.43. The lowest BCUT2D eigenvalue weighted by Crippen LogP contribution is -2.15. The second-order valence-electron chi connectivity index (χ2n) is 6.56. The summed E-state index contributed by atoms with van der Waals surface area (Å²) in [6, 6.07) is 20.2. The van der Waals surface area contributed by atoms with E-state index in [4.69, 9.17) is 11.7 Å². The molecule has 4 N–H and O–H groups in total. The predicted molar refractivity (Wildman–Crippen MR) is 120 cm³/mol. The van der Waals surface area contributed by atoms with Gasteiger partial charge in [-0.25, -0.2) is 9.35 Å². The molecule has 2 aromatic heterocycles. The van der Waals surface area contributed by atoms with Gasteiger partial charge in [0.25, 0.3) is 0 Å². The zero-order chi connectivity index (χ0) is 20.8. The third kappa shape index (κ3) is 4.95. The van der Waals surface area contributed by atoms with Crippen LogP contribution < -0.4 is 11.7 Å². The summed E-state index contributed by atoms with van der Waals surface area (Å²) in [6.45, 7) is 0. The molecule has 0 saturated carbocycles. The van der Waals surface area contributed by atoms with Gasteiger partial charge in [-0.1, -0.05) is 84.2 Å². The summed E-state index contributed by atoms with van der Waals surface area (Å²) in [5.74, 6) is 15.4. The van der Waals surface area contributed by atoms with Crippen molar-refractivity contribution in [3.05, 3.63) is 83.4 Å². The quantitative estimate of drug-likeness (QED) is 0.233. The van der Waals surface area contributed by atoms with Gasteiger partial charge in [-0.2, -0.15) is 0 Å². The molecule has 10 heteroatoms. The van der Waals surface area contributed by atoms with E-state index in [-0.39, 0.29) is 0 Å². The normalized spacial score (nSPS) is 11.1. The average molecular weight is 439 g/mol. The summed E-state index contributed by atoms with van der Waals surface area (Å²) >= 11 is 3.12. The fourth-order valence-electron chi connectivity index (χ4n) is 2.88. The van der Waals surface area contributed by atoms with Crippen LogP contribution in [0.15, 0.2) is 71.0 Å². The van der Waals surface area contributed by atoms with Crippen LogP contribution in [0.1, 0.15) is 22.8 Å². The summed E-state index contributed by atoms with van der Waals surface area (Å²) in [7, 11) is 0. The van der Waals surface area contributed by atoms with Gasteiger partial charge in [0.2, 0.25) is 10.3 Å². The topological polar surface area (TPSA) is 113 Å². The standard InChI is InChI=1S/C20H22N8S2/c21-27-17(13-15-7-3-1-4-8-15)23-25-19(27)29-11-12-30-20-26-24-18(28(20)22)14-16-9-5-2-6-10-16/h1-10H,11-14,21-22H2. The Morgan fingerprint density at radius 1 is 0.600 bits per heavy atom. The molecule has 2 aromatic carbocycles. The van der Waals surface area contributed by atoms with Crippen LogP contribution in [0.4, 0.5) is 0 Å².